The predicted molar refractivity (Wildman–Crippen MR) is 60.4 cm³/mol. The molecule has 0 fully saturated rings. The number of hydrogen-bond donors (Lipinski definition) is 2. The van der Waals surface area contributed by atoms with Crippen molar-refractivity contribution in [2.45, 2.75) is 19.1 Å². The standard InChI is InChI=1S/C9H22N2OS/c1-8(7-13-4)11(3)6-9(12)5-10-2/h8-10,12H,5-7H2,1-4H3. The molecule has 0 aliphatic rings. The van der Waals surface area contributed by atoms with Gasteiger partial charge < -0.3 is 15.3 Å². The van der Waals surface area contributed by atoms with Crippen molar-refractivity contribution in [3.05, 3.63) is 0 Å². The van der Waals surface area contributed by atoms with Crippen molar-refractivity contribution >= 4 is 11.8 Å². The molecular formula is C9H22N2OS. The second-order valence-electron chi connectivity index (χ2n) is 3.46. The fraction of sp³-hybridized carbons (Fsp3) is 1.00. The molecule has 0 rings (SSSR count). The minimum absolute atomic E-state index is 0.265. The van der Waals surface area contributed by atoms with E-state index >= 15 is 0 Å². The highest BCUT2D eigenvalue weighted by atomic mass is 32.2. The van der Waals surface area contributed by atoms with Crippen LogP contribution < -0.4 is 5.32 Å². The van der Waals surface area contributed by atoms with E-state index in [0.29, 0.717) is 12.6 Å². The van der Waals surface area contributed by atoms with Gasteiger partial charge in [-0.25, -0.2) is 0 Å². The molecule has 0 aromatic heterocycles. The maximum Gasteiger partial charge on any atom is 0.0791 e. The third kappa shape index (κ3) is 6.32. The van der Waals surface area contributed by atoms with E-state index in [9.17, 15) is 5.11 Å². The molecule has 0 aromatic carbocycles. The first-order chi connectivity index (χ1) is 6.11. The van der Waals surface area contributed by atoms with Crippen molar-refractivity contribution in [2.24, 2.45) is 0 Å². The quantitative estimate of drug-likeness (QED) is 0.626. The van der Waals surface area contributed by atoms with Gasteiger partial charge in [-0.15, -0.1) is 0 Å². The summed E-state index contributed by atoms with van der Waals surface area (Å²) in [6.45, 7) is 3.58. The van der Waals surface area contributed by atoms with E-state index in [4.69, 9.17) is 0 Å². The molecule has 2 atom stereocenters. The van der Waals surface area contributed by atoms with E-state index in [2.05, 4.69) is 30.4 Å². The van der Waals surface area contributed by atoms with Crippen molar-refractivity contribution in [3.8, 4) is 0 Å². The summed E-state index contributed by atoms with van der Waals surface area (Å²) in [7, 11) is 3.91. The fourth-order valence-electron chi connectivity index (χ4n) is 1.18. The normalized spacial score (nSPS) is 16.2. The summed E-state index contributed by atoms with van der Waals surface area (Å²) in [5, 5.41) is 12.5. The van der Waals surface area contributed by atoms with Crippen LogP contribution in [0, 0.1) is 0 Å². The van der Waals surface area contributed by atoms with Gasteiger partial charge in [0.2, 0.25) is 0 Å². The largest absolute Gasteiger partial charge is 0.390 e. The maximum absolute atomic E-state index is 9.53. The summed E-state index contributed by atoms with van der Waals surface area (Å²) in [6.07, 6.45) is 1.84. The summed E-state index contributed by atoms with van der Waals surface area (Å²) >= 11 is 1.84. The Morgan fingerprint density at radius 2 is 2.15 bits per heavy atom. The number of nitrogens with one attached hydrogen (secondary N) is 1. The van der Waals surface area contributed by atoms with E-state index in [0.717, 1.165) is 12.3 Å². The van der Waals surface area contributed by atoms with Crippen LogP contribution in [0.5, 0.6) is 0 Å². The highest BCUT2D eigenvalue weighted by Gasteiger charge is 2.12. The van der Waals surface area contributed by atoms with Crippen LogP contribution in [0.2, 0.25) is 0 Å². The van der Waals surface area contributed by atoms with Gasteiger partial charge in [-0.05, 0) is 27.3 Å². The molecule has 0 saturated carbocycles. The van der Waals surface area contributed by atoms with Crippen LogP contribution >= 0.6 is 11.8 Å². The Hall–Kier alpha value is 0.230. The van der Waals surface area contributed by atoms with E-state index < -0.39 is 0 Å². The molecule has 0 amide bonds. The minimum Gasteiger partial charge on any atom is -0.390 e. The van der Waals surface area contributed by atoms with Gasteiger partial charge in [0.15, 0.2) is 0 Å². The number of aliphatic hydroxyl groups excluding tert-OH is 1. The van der Waals surface area contributed by atoms with Gasteiger partial charge in [-0.2, -0.15) is 11.8 Å². The first-order valence-electron chi connectivity index (χ1n) is 4.63. The zero-order valence-corrected chi connectivity index (χ0v) is 9.90. The molecule has 2 unspecified atom stereocenters. The molecule has 0 aromatic rings. The lowest BCUT2D eigenvalue weighted by Crippen LogP contribution is -2.40. The number of thioether (sulfide) groups is 1. The summed E-state index contributed by atoms with van der Waals surface area (Å²) in [5.41, 5.74) is 0. The molecule has 0 spiro atoms. The molecule has 3 nitrogen and oxygen atoms in total. The second-order valence-corrected chi connectivity index (χ2v) is 4.37. The lowest BCUT2D eigenvalue weighted by molar-refractivity contribution is 0.113. The molecule has 0 aliphatic heterocycles. The van der Waals surface area contributed by atoms with Gasteiger partial charge in [-0.3, -0.25) is 0 Å². The maximum atomic E-state index is 9.53. The average molecular weight is 206 g/mol. The number of likely N-dealkylation sites (N-methyl/N-ethyl adjacent to an activating group) is 2. The van der Waals surface area contributed by atoms with Crippen molar-refractivity contribution in [1.29, 1.82) is 0 Å². The Kier molecular flexibility index (Phi) is 7.75. The molecule has 0 bridgehead atoms. The summed E-state index contributed by atoms with van der Waals surface area (Å²) in [5.74, 6) is 1.11. The Labute approximate surface area is 85.9 Å². The third-order valence-electron chi connectivity index (χ3n) is 2.10. The van der Waals surface area contributed by atoms with Crippen LogP contribution in [0.25, 0.3) is 0 Å². The number of nitrogens with zero attached hydrogens (tertiary/aromatic N) is 1. The van der Waals surface area contributed by atoms with Crippen molar-refractivity contribution in [1.82, 2.24) is 10.2 Å². The Balaban J connectivity index is 3.64. The summed E-state index contributed by atoms with van der Waals surface area (Å²) in [6, 6.07) is 0.529. The van der Waals surface area contributed by atoms with Crippen molar-refractivity contribution in [2.75, 3.05) is 39.2 Å². The summed E-state index contributed by atoms with van der Waals surface area (Å²) < 4.78 is 0. The van der Waals surface area contributed by atoms with Crippen molar-refractivity contribution in [3.63, 3.8) is 0 Å². The Bertz CT molecular complexity index is 124. The summed E-state index contributed by atoms with van der Waals surface area (Å²) in [4.78, 5) is 2.19. The lowest BCUT2D eigenvalue weighted by atomic mass is 10.3. The first-order valence-corrected chi connectivity index (χ1v) is 6.03. The number of aliphatic hydroxyl groups is 1. The van der Waals surface area contributed by atoms with Gasteiger partial charge in [0.1, 0.15) is 0 Å². The van der Waals surface area contributed by atoms with Gasteiger partial charge in [0.05, 0.1) is 6.10 Å². The Morgan fingerprint density at radius 1 is 1.54 bits per heavy atom. The van der Waals surface area contributed by atoms with Crippen molar-refractivity contribution < 1.29 is 5.11 Å². The van der Waals surface area contributed by atoms with Crippen LogP contribution in [-0.2, 0) is 0 Å². The van der Waals surface area contributed by atoms with E-state index in [1.165, 1.54) is 0 Å². The molecule has 0 heterocycles. The van der Waals surface area contributed by atoms with Gasteiger partial charge in [-0.1, -0.05) is 0 Å². The molecule has 0 radical (unpaired) electrons. The second kappa shape index (κ2) is 7.62. The molecule has 80 valence electrons. The molecule has 0 saturated heterocycles. The molecule has 2 N–H and O–H groups in total. The number of hydrogen-bond acceptors (Lipinski definition) is 4. The van der Waals surface area contributed by atoms with E-state index in [-0.39, 0.29) is 6.10 Å². The zero-order chi connectivity index (χ0) is 10.3. The lowest BCUT2D eigenvalue weighted by Gasteiger charge is -2.26. The van der Waals surface area contributed by atoms with Gasteiger partial charge in [0, 0.05) is 24.9 Å². The molecular weight excluding hydrogens is 184 g/mol. The molecule has 0 aliphatic carbocycles. The molecule has 4 heteroatoms. The van der Waals surface area contributed by atoms with Crippen LogP contribution in [0.1, 0.15) is 6.92 Å². The minimum atomic E-state index is -0.265. The molecule has 13 heavy (non-hydrogen) atoms. The predicted octanol–water partition coefficient (Wildman–Crippen LogP) is 0.250. The van der Waals surface area contributed by atoms with Crippen LogP contribution in [0.4, 0.5) is 0 Å². The highest BCUT2D eigenvalue weighted by molar-refractivity contribution is 7.98. The SMILES string of the molecule is CNCC(O)CN(C)C(C)CSC. The number of rotatable bonds is 7. The fourth-order valence-corrected chi connectivity index (χ4v) is 1.92. The first kappa shape index (κ1) is 13.2. The van der Waals surface area contributed by atoms with E-state index in [1.54, 1.807) is 0 Å². The monoisotopic (exact) mass is 206 g/mol. The highest BCUT2D eigenvalue weighted by Crippen LogP contribution is 2.03. The van der Waals surface area contributed by atoms with Gasteiger partial charge in [0.25, 0.3) is 0 Å². The Morgan fingerprint density at radius 3 is 2.62 bits per heavy atom. The van der Waals surface area contributed by atoms with Gasteiger partial charge >= 0.3 is 0 Å². The topological polar surface area (TPSA) is 35.5 Å². The smallest absolute Gasteiger partial charge is 0.0791 e. The van der Waals surface area contributed by atoms with Crippen LogP contribution in [-0.4, -0.2) is 61.3 Å². The zero-order valence-electron chi connectivity index (χ0n) is 9.08. The average Bonchev–Trinajstić information content (AvgIpc) is 2.05. The van der Waals surface area contributed by atoms with E-state index in [1.807, 2.05) is 18.8 Å². The van der Waals surface area contributed by atoms with Crippen LogP contribution in [0.3, 0.4) is 0 Å². The third-order valence-corrected chi connectivity index (χ3v) is 2.91. The van der Waals surface area contributed by atoms with Crippen LogP contribution in [0.15, 0.2) is 0 Å².